The minimum Gasteiger partial charge on any atom is -0.455 e. The summed E-state index contributed by atoms with van der Waals surface area (Å²) in [4.78, 5) is 36.7. The Hall–Kier alpha value is -17.4. The second kappa shape index (κ2) is 28.1. The number of hydrogen-bond donors (Lipinski definition) is 0. The third-order valence-corrected chi connectivity index (χ3v) is 25.4. The van der Waals surface area contributed by atoms with Crippen molar-refractivity contribution in [3.8, 4) is 123 Å². The Morgan fingerprint density at radius 2 is 0.357 bits per heavy atom. The van der Waals surface area contributed by atoms with Crippen LogP contribution in [0.1, 0.15) is 0 Å². The van der Waals surface area contributed by atoms with Crippen molar-refractivity contribution in [2.75, 3.05) is 0 Å². The highest BCUT2D eigenvalue weighted by Gasteiger charge is 2.28. The van der Waals surface area contributed by atoms with E-state index in [1.807, 2.05) is 148 Å². The van der Waals surface area contributed by atoms with Gasteiger partial charge in [-0.25, -0.2) is 0 Å². The highest BCUT2D eigenvalue weighted by Crippen LogP contribution is 2.50. The quantitative estimate of drug-likeness (QED) is 0.109. The molecule has 0 bridgehead atoms. The predicted molar refractivity (Wildman–Crippen MR) is 510 cm³/mol. The number of nitrogens with zero attached hydrogens (tertiary/aromatic N) is 12. The van der Waals surface area contributed by atoms with E-state index in [1.165, 1.54) is 0 Å². The monoisotopic (exact) mass is 1610 g/mol. The van der Waals surface area contributed by atoms with E-state index in [0.717, 1.165) is 243 Å². The first-order valence-corrected chi connectivity index (χ1v) is 42.0. The molecule has 14 nitrogen and oxygen atoms in total. The van der Waals surface area contributed by atoms with Crippen LogP contribution in [-0.2, 0) is 0 Å². The number of pyridine rings is 8. The second-order valence-electron chi connectivity index (χ2n) is 32.4. The van der Waals surface area contributed by atoms with Gasteiger partial charge in [-0.05, 0) is 251 Å². The average molecular weight is 1610 g/mol. The largest absolute Gasteiger partial charge is 0.455 e. The van der Waals surface area contributed by atoms with Gasteiger partial charge in [-0.15, -0.1) is 0 Å². The Kier molecular flexibility index (Phi) is 15.7. The minimum absolute atomic E-state index is 0.694. The molecule has 0 spiro atoms. The third-order valence-electron chi connectivity index (χ3n) is 25.4. The molecule has 0 aliphatic rings. The fourth-order valence-electron chi connectivity index (χ4n) is 19.5. The molecule has 0 unspecified atom stereocenters. The van der Waals surface area contributed by atoms with Crippen LogP contribution < -0.4 is 0 Å². The van der Waals surface area contributed by atoms with Gasteiger partial charge in [0.1, 0.15) is 22.3 Å². The number of rotatable bonds is 13. The van der Waals surface area contributed by atoms with Gasteiger partial charge >= 0.3 is 0 Å². The molecule has 0 saturated carbocycles. The minimum atomic E-state index is 0.694. The first-order valence-electron chi connectivity index (χ1n) is 42.0. The number of fused-ring (bicyclic) bond motifs is 18. The van der Waals surface area contributed by atoms with E-state index in [4.69, 9.17) is 8.83 Å². The molecular formula is C112H66N12O2. The SMILES string of the molecule is c1cncc(-c2ccc3c(c2)c2cc(-c4cccnc4)ccc2n3-c2ccc3oc4c(-c5cc(-n6c7ccc(-c8cccnc8)cc7c7cc(-c8cccnc8)ccc76)cc6c5oc5ccc(-n7c8ccc(-c9cccnc9)cc8c8cc(-c9cccnc9)ccc87)cc56)cc(-n5c6ccc(-c7cccnc7)cc6c6cc(-c7cccnc7)ccc65)cc4c3c2)c1. The summed E-state index contributed by atoms with van der Waals surface area (Å²) in [5.74, 6) is 0. The summed E-state index contributed by atoms with van der Waals surface area (Å²) in [7, 11) is 0. The van der Waals surface area contributed by atoms with Gasteiger partial charge in [-0.2, -0.15) is 0 Å². The van der Waals surface area contributed by atoms with Crippen molar-refractivity contribution >= 4 is 131 Å². The summed E-state index contributed by atoms with van der Waals surface area (Å²) in [6.45, 7) is 0. The molecule has 126 heavy (non-hydrogen) atoms. The molecule has 586 valence electrons. The molecule has 0 atom stereocenters. The van der Waals surface area contributed by atoms with E-state index in [2.05, 4.69) is 313 Å². The van der Waals surface area contributed by atoms with Crippen LogP contribution in [0.5, 0.6) is 0 Å². The van der Waals surface area contributed by atoms with Gasteiger partial charge in [0.2, 0.25) is 0 Å². The number of aromatic nitrogens is 12. The van der Waals surface area contributed by atoms with Crippen LogP contribution >= 0.6 is 0 Å². The molecule has 0 saturated heterocycles. The Balaban J connectivity index is 0.768. The molecule has 12 aromatic carbocycles. The highest BCUT2D eigenvalue weighted by molar-refractivity contribution is 6.21. The van der Waals surface area contributed by atoms with E-state index in [1.54, 1.807) is 0 Å². The molecule has 0 N–H and O–H groups in total. The number of hydrogen-bond acceptors (Lipinski definition) is 10. The lowest BCUT2D eigenvalue weighted by atomic mass is 9.97. The van der Waals surface area contributed by atoms with Crippen molar-refractivity contribution in [2.24, 2.45) is 0 Å². The van der Waals surface area contributed by atoms with Gasteiger partial charge in [0.15, 0.2) is 0 Å². The van der Waals surface area contributed by atoms with Crippen LogP contribution in [0.3, 0.4) is 0 Å². The molecule has 26 aromatic rings. The number of furan rings is 2. The Morgan fingerprint density at radius 1 is 0.159 bits per heavy atom. The molecule has 26 rings (SSSR count). The smallest absolute Gasteiger partial charge is 0.143 e. The maximum atomic E-state index is 7.71. The zero-order chi connectivity index (χ0) is 82.6. The van der Waals surface area contributed by atoms with E-state index in [-0.39, 0.29) is 0 Å². The summed E-state index contributed by atoms with van der Waals surface area (Å²) in [6, 6.07) is 110. The summed E-state index contributed by atoms with van der Waals surface area (Å²) in [5.41, 5.74) is 33.3. The highest BCUT2D eigenvalue weighted by atomic mass is 16.3. The van der Waals surface area contributed by atoms with Crippen molar-refractivity contribution in [1.29, 1.82) is 0 Å². The van der Waals surface area contributed by atoms with Crippen molar-refractivity contribution in [1.82, 2.24) is 58.1 Å². The Bertz CT molecular complexity index is 8030. The molecular weight excluding hydrogens is 1550 g/mol. The fraction of sp³-hybridized carbons (Fsp3) is 0. The van der Waals surface area contributed by atoms with Crippen LogP contribution in [0.4, 0.5) is 0 Å². The zero-order valence-corrected chi connectivity index (χ0v) is 67.3. The molecule has 14 heteroatoms. The molecule has 0 aliphatic carbocycles. The number of benzene rings is 12. The first-order chi connectivity index (χ1) is 62.4. The van der Waals surface area contributed by atoms with E-state index in [0.29, 0.717) is 11.2 Å². The molecule has 14 heterocycles. The molecule has 0 radical (unpaired) electrons. The van der Waals surface area contributed by atoms with Crippen LogP contribution in [0.2, 0.25) is 0 Å². The normalized spacial score (nSPS) is 12.0. The van der Waals surface area contributed by atoms with Gasteiger partial charge in [-0.3, -0.25) is 39.9 Å². The maximum Gasteiger partial charge on any atom is 0.143 e. The topological polar surface area (TPSA) is 149 Å². The van der Waals surface area contributed by atoms with Gasteiger partial charge in [0.25, 0.3) is 0 Å². The van der Waals surface area contributed by atoms with Crippen LogP contribution in [-0.4, -0.2) is 58.1 Å². The summed E-state index contributed by atoms with van der Waals surface area (Å²) in [5, 5.41) is 12.4. The maximum absolute atomic E-state index is 7.71. The van der Waals surface area contributed by atoms with Crippen molar-refractivity contribution in [2.45, 2.75) is 0 Å². The second-order valence-corrected chi connectivity index (χ2v) is 32.4. The first kappa shape index (κ1) is 70.5. The van der Waals surface area contributed by atoms with Gasteiger partial charge < -0.3 is 27.1 Å². The van der Waals surface area contributed by atoms with E-state index >= 15 is 0 Å². The van der Waals surface area contributed by atoms with Crippen LogP contribution in [0.15, 0.2) is 411 Å². The zero-order valence-electron chi connectivity index (χ0n) is 67.3. The van der Waals surface area contributed by atoms with E-state index in [9.17, 15) is 0 Å². The van der Waals surface area contributed by atoms with Gasteiger partial charge in [0.05, 0.1) is 44.1 Å². The Labute approximate surface area is 718 Å². The Morgan fingerprint density at radius 3 is 0.556 bits per heavy atom. The van der Waals surface area contributed by atoms with E-state index < -0.39 is 0 Å². The molecule has 0 amide bonds. The van der Waals surface area contributed by atoms with Crippen molar-refractivity contribution < 1.29 is 8.83 Å². The summed E-state index contributed by atoms with van der Waals surface area (Å²) >= 11 is 0. The van der Waals surface area contributed by atoms with Gasteiger partial charge in [0, 0.05) is 242 Å². The lowest BCUT2D eigenvalue weighted by Gasteiger charge is -2.15. The molecule has 14 aromatic heterocycles. The third kappa shape index (κ3) is 11.3. The van der Waals surface area contributed by atoms with Gasteiger partial charge in [-0.1, -0.05) is 97.1 Å². The van der Waals surface area contributed by atoms with Crippen LogP contribution in [0.25, 0.3) is 254 Å². The standard InChI is InChI=1S/C112H66N12O2/c1-9-75(59-113-37-1)67-17-27-101-87(45-67)88-46-68(76-10-2-38-114-60-76)18-28-102(88)121(101)83-25-35-109-95(53-83)97-55-85(123-105-31-21-71(79-13-5-41-117-63-79)49-91(105)92-50-72(22-32-106(92)123)80-14-6-42-118-64-80)57-99(111(97)125-109)100-58-86(124-107-33-23-73(81-15-7-43-119-65-81)51-93(107)94-52-74(24-34-108(94)124)82-16-8-44-120-66-82)56-98-96-54-84(26-36-110(96)126-112(98)100)122-103-29-19-69(77-11-3-39-115-61-77)47-89(103)90-48-70(20-30-104(90)122)78-12-4-40-116-62-78/h1-66H. The lowest BCUT2D eigenvalue weighted by Crippen LogP contribution is -1.97. The summed E-state index contributed by atoms with van der Waals surface area (Å²) in [6.07, 6.45) is 30.1. The molecule has 0 aliphatic heterocycles. The van der Waals surface area contributed by atoms with Crippen LogP contribution in [0, 0.1) is 0 Å². The summed E-state index contributed by atoms with van der Waals surface area (Å²) < 4.78 is 25.1. The average Bonchev–Trinajstić information content (AvgIpc) is 1.56. The fourth-order valence-corrected chi connectivity index (χ4v) is 19.5. The lowest BCUT2D eigenvalue weighted by molar-refractivity contribution is 0.665. The van der Waals surface area contributed by atoms with Crippen molar-refractivity contribution in [3.63, 3.8) is 0 Å². The predicted octanol–water partition coefficient (Wildman–Crippen LogP) is 28.0. The molecule has 0 fully saturated rings. The van der Waals surface area contributed by atoms with Crippen molar-refractivity contribution in [3.05, 3.63) is 402 Å².